The molecule has 3 heteroatoms. The minimum atomic E-state index is -0.410. The molecule has 0 saturated carbocycles. The summed E-state index contributed by atoms with van der Waals surface area (Å²) in [5, 5.41) is 0. The van der Waals surface area contributed by atoms with E-state index in [0.717, 1.165) is 0 Å². The van der Waals surface area contributed by atoms with Crippen LogP contribution in [0, 0.1) is 0 Å². The first-order valence-corrected chi connectivity index (χ1v) is 2.28. The van der Waals surface area contributed by atoms with Crippen molar-refractivity contribution in [1.82, 2.24) is 0 Å². The predicted molar refractivity (Wildman–Crippen MR) is 27.6 cm³/mol. The number of ether oxygens (including phenoxy) is 1. The Kier molecular flexibility index (Phi) is 4.07. The lowest BCUT2D eigenvalue weighted by Crippen LogP contribution is -2.02. The number of hydrogen-bond donors (Lipinski definition) is 0. The summed E-state index contributed by atoms with van der Waals surface area (Å²) < 4.78 is 4.53. The second kappa shape index (κ2) is 4.46. The van der Waals surface area contributed by atoms with Crippen molar-refractivity contribution in [2.75, 3.05) is 13.7 Å². The Hall–Kier alpha value is -0.700. The van der Waals surface area contributed by atoms with Gasteiger partial charge in [-0.3, -0.25) is 9.59 Å². The van der Waals surface area contributed by atoms with Gasteiger partial charge in [-0.25, -0.2) is 0 Å². The van der Waals surface area contributed by atoms with Gasteiger partial charge in [-0.2, -0.15) is 0 Å². The third-order valence-corrected chi connectivity index (χ3v) is 0.684. The number of aldehydes is 1. The van der Waals surface area contributed by atoms with E-state index in [1.54, 1.807) is 0 Å². The molecule has 0 radical (unpaired) electrons. The van der Waals surface area contributed by atoms with Crippen molar-refractivity contribution >= 4 is 12.1 Å². The Bertz CT molecular complexity index is 87.7. The van der Waals surface area contributed by atoms with Gasteiger partial charge in [-0.05, 0) is 0 Å². The summed E-state index contributed by atoms with van der Waals surface area (Å²) in [7, 11) is 1.48. The molecule has 0 rings (SSSR count). The SMILES string of the molecule is COCCC(=O)C=O. The number of methoxy groups -OCH3 is 1. The molecule has 8 heavy (non-hydrogen) atoms. The van der Waals surface area contributed by atoms with Gasteiger partial charge in [-0.1, -0.05) is 0 Å². The summed E-state index contributed by atoms with van der Waals surface area (Å²) >= 11 is 0. The molecule has 0 spiro atoms. The molecule has 0 aromatic carbocycles. The number of Topliss-reactive ketones (excluding diaryl/α,β-unsaturated/α-hetero) is 1. The molecule has 0 aromatic heterocycles. The van der Waals surface area contributed by atoms with E-state index in [1.807, 2.05) is 0 Å². The van der Waals surface area contributed by atoms with E-state index in [1.165, 1.54) is 7.11 Å². The minimum absolute atomic E-state index is 0.194. The molecule has 0 heterocycles. The Morgan fingerprint density at radius 3 is 2.75 bits per heavy atom. The van der Waals surface area contributed by atoms with E-state index in [0.29, 0.717) is 12.9 Å². The van der Waals surface area contributed by atoms with E-state index in [2.05, 4.69) is 4.74 Å². The second-order valence-electron chi connectivity index (χ2n) is 1.33. The molecular weight excluding hydrogens is 108 g/mol. The minimum Gasteiger partial charge on any atom is -0.384 e. The summed E-state index contributed by atoms with van der Waals surface area (Å²) in [4.78, 5) is 19.7. The summed E-state index contributed by atoms with van der Waals surface area (Å²) in [6.45, 7) is 0.331. The van der Waals surface area contributed by atoms with Gasteiger partial charge < -0.3 is 4.74 Å². The monoisotopic (exact) mass is 116 g/mol. The van der Waals surface area contributed by atoms with Crippen LogP contribution in [0.2, 0.25) is 0 Å². The van der Waals surface area contributed by atoms with Crippen LogP contribution in [0.5, 0.6) is 0 Å². The molecule has 0 atom stereocenters. The van der Waals surface area contributed by atoms with Gasteiger partial charge in [0.25, 0.3) is 0 Å². The number of rotatable bonds is 4. The first kappa shape index (κ1) is 7.30. The highest BCUT2D eigenvalue weighted by atomic mass is 16.5. The Morgan fingerprint density at radius 1 is 1.75 bits per heavy atom. The highest BCUT2D eigenvalue weighted by Gasteiger charge is 1.94. The van der Waals surface area contributed by atoms with E-state index < -0.39 is 5.78 Å². The molecule has 0 bridgehead atoms. The quantitative estimate of drug-likeness (QED) is 0.377. The van der Waals surface area contributed by atoms with Crippen LogP contribution < -0.4 is 0 Å². The first-order chi connectivity index (χ1) is 3.81. The van der Waals surface area contributed by atoms with E-state index >= 15 is 0 Å². The van der Waals surface area contributed by atoms with Crippen LogP contribution in [0.25, 0.3) is 0 Å². The lowest BCUT2D eigenvalue weighted by molar-refractivity contribution is -0.130. The maximum Gasteiger partial charge on any atom is 0.197 e. The smallest absolute Gasteiger partial charge is 0.197 e. The summed E-state index contributed by atoms with van der Waals surface area (Å²) in [5.41, 5.74) is 0. The topological polar surface area (TPSA) is 43.4 Å². The first-order valence-electron chi connectivity index (χ1n) is 2.28. The van der Waals surface area contributed by atoms with Crippen LogP contribution in [0.15, 0.2) is 0 Å². The normalized spacial score (nSPS) is 8.62. The van der Waals surface area contributed by atoms with Gasteiger partial charge in [0, 0.05) is 13.5 Å². The fourth-order valence-corrected chi connectivity index (χ4v) is 0.262. The number of carbonyl (C=O) groups is 2. The molecule has 3 nitrogen and oxygen atoms in total. The molecule has 0 aliphatic carbocycles. The molecular formula is C5H8O3. The van der Waals surface area contributed by atoms with Crippen molar-refractivity contribution < 1.29 is 14.3 Å². The summed E-state index contributed by atoms with van der Waals surface area (Å²) in [6, 6.07) is 0. The van der Waals surface area contributed by atoms with Crippen LogP contribution in [-0.2, 0) is 14.3 Å². The van der Waals surface area contributed by atoms with Crippen molar-refractivity contribution in [1.29, 1.82) is 0 Å². The van der Waals surface area contributed by atoms with E-state index in [-0.39, 0.29) is 6.42 Å². The average molecular weight is 116 g/mol. The van der Waals surface area contributed by atoms with Crippen molar-refractivity contribution in [2.45, 2.75) is 6.42 Å². The van der Waals surface area contributed by atoms with Crippen molar-refractivity contribution in [2.24, 2.45) is 0 Å². The van der Waals surface area contributed by atoms with Crippen LogP contribution in [-0.4, -0.2) is 25.8 Å². The van der Waals surface area contributed by atoms with Gasteiger partial charge in [0.15, 0.2) is 12.1 Å². The maximum absolute atomic E-state index is 10.1. The molecule has 0 aromatic rings. The molecule has 0 saturated heterocycles. The molecule has 0 unspecified atom stereocenters. The lowest BCUT2D eigenvalue weighted by Gasteiger charge is -1.88. The fourth-order valence-electron chi connectivity index (χ4n) is 0.262. The zero-order valence-electron chi connectivity index (χ0n) is 4.72. The number of carbonyl (C=O) groups excluding carboxylic acids is 2. The average Bonchev–Trinajstić information content (AvgIpc) is 1.83. The van der Waals surface area contributed by atoms with Gasteiger partial charge in [0.2, 0.25) is 0 Å². The molecule has 0 aliphatic heterocycles. The predicted octanol–water partition coefficient (Wildman–Crippen LogP) is -0.209. The zero-order chi connectivity index (χ0) is 6.41. The second-order valence-corrected chi connectivity index (χ2v) is 1.33. The van der Waals surface area contributed by atoms with Gasteiger partial charge in [-0.15, -0.1) is 0 Å². The molecule has 46 valence electrons. The molecule has 0 N–H and O–H groups in total. The van der Waals surface area contributed by atoms with Crippen molar-refractivity contribution in [3.63, 3.8) is 0 Å². The molecule has 0 fully saturated rings. The lowest BCUT2D eigenvalue weighted by atomic mass is 10.3. The Morgan fingerprint density at radius 2 is 2.38 bits per heavy atom. The number of ketones is 1. The van der Waals surface area contributed by atoms with Crippen LogP contribution in [0.4, 0.5) is 0 Å². The third kappa shape index (κ3) is 3.49. The Balaban J connectivity index is 3.11. The van der Waals surface area contributed by atoms with E-state index in [4.69, 9.17) is 0 Å². The Labute approximate surface area is 47.6 Å². The van der Waals surface area contributed by atoms with Gasteiger partial charge in [0.1, 0.15) is 0 Å². The molecule has 0 amide bonds. The van der Waals surface area contributed by atoms with Crippen LogP contribution in [0.1, 0.15) is 6.42 Å². The standard InChI is InChI=1S/C5H8O3/c1-8-3-2-5(7)4-6/h4H,2-3H2,1H3. The van der Waals surface area contributed by atoms with Crippen molar-refractivity contribution in [3.05, 3.63) is 0 Å². The maximum atomic E-state index is 10.1. The summed E-state index contributed by atoms with van der Waals surface area (Å²) in [5.74, 6) is -0.410. The van der Waals surface area contributed by atoms with Crippen LogP contribution in [0.3, 0.4) is 0 Å². The largest absolute Gasteiger partial charge is 0.384 e. The fraction of sp³-hybridized carbons (Fsp3) is 0.600. The van der Waals surface area contributed by atoms with E-state index in [9.17, 15) is 9.59 Å². The third-order valence-electron chi connectivity index (χ3n) is 0.684. The van der Waals surface area contributed by atoms with Gasteiger partial charge >= 0.3 is 0 Å². The highest BCUT2D eigenvalue weighted by molar-refractivity contribution is 6.24. The van der Waals surface area contributed by atoms with Gasteiger partial charge in [0.05, 0.1) is 6.61 Å². The molecule has 0 aliphatic rings. The highest BCUT2D eigenvalue weighted by Crippen LogP contribution is 1.78. The van der Waals surface area contributed by atoms with Crippen molar-refractivity contribution in [3.8, 4) is 0 Å². The zero-order valence-corrected chi connectivity index (χ0v) is 4.72. The summed E-state index contributed by atoms with van der Waals surface area (Å²) in [6.07, 6.45) is 0.499. The van der Waals surface area contributed by atoms with Crippen LogP contribution >= 0.6 is 0 Å². The number of hydrogen-bond acceptors (Lipinski definition) is 3.